The first-order valence-electron chi connectivity index (χ1n) is 10.1. The topological polar surface area (TPSA) is 83.8 Å². The summed E-state index contributed by atoms with van der Waals surface area (Å²) >= 11 is 0. The van der Waals surface area contributed by atoms with Gasteiger partial charge >= 0.3 is 0 Å². The Hall–Kier alpha value is -3.16. The lowest BCUT2D eigenvalue weighted by Crippen LogP contribution is -2.47. The van der Waals surface area contributed by atoms with Crippen LogP contribution in [0.1, 0.15) is 18.5 Å². The van der Waals surface area contributed by atoms with Gasteiger partial charge < -0.3 is 19.7 Å². The Morgan fingerprint density at radius 1 is 1.10 bits per heavy atom. The molecular formula is C23H25N3O4. The van der Waals surface area contributed by atoms with Gasteiger partial charge in [0, 0.05) is 31.3 Å². The Labute approximate surface area is 174 Å². The fraction of sp³-hybridized carbons (Fsp3) is 0.304. The number of para-hydroxylation sites is 1. The number of carbonyl (C=O) groups is 1. The van der Waals surface area contributed by atoms with E-state index < -0.39 is 6.04 Å². The highest BCUT2D eigenvalue weighted by molar-refractivity contribution is 5.82. The van der Waals surface area contributed by atoms with Crippen molar-refractivity contribution in [3.8, 4) is 11.5 Å². The molecule has 2 N–H and O–H groups in total. The summed E-state index contributed by atoms with van der Waals surface area (Å²) in [6, 6.07) is 16.5. The third-order valence-electron chi connectivity index (χ3n) is 5.28. The number of fused-ring (bicyclic) bond motifs is 1. The standard InChI is InChI=1S/C23H25N3O4/c1-16(15-27)26-21-12-20(30-19-5-3-2-4-6-19)8-7-17(21)11-18(23(26)29)13-25-10-9-24-22(28)14-25/h2-8,11-12,16,27H,9-10,13-15H2,1H3,(H,24,28). The van der Waals surface area contributed by atoms with Gasteiger partial charge in [-0.2, -0.15) is 0 Å². The molecule has 0 spiro atoms. The van der Waals surface area contributed by atoms with Crippen LogP contribution in [0.3, 0.4) is 0 Å². The number of carbonyl (C=O) groups excluding carboxylic acids is 1. The second kappa shape index (κ2) is 8.69. The van der Waals surface area contributed by atoms with Crippen LogP contribution in [-0.4, -0.2) is 46.7 Å². The van der Waals surface area contributed by atoms with Crippen molar-refractivity contribution in [2.24, 2.45) is 0 Å². The van der Waals surface area contributed by atoms with Gasteiger partial charge in [0.05, 0.1) is 24.7 Å². The molecule has 7 heteroatoms. The fourth-order valence-corrected chi connectivity index (χ4v) is 3.76. The SMILES string of the molecule is CC(CO)n1c(=O)c(CN2CCNC(=O)C2)cc2ccc(Oc3ccccc3)cc21. The Bertz CT molecular complexity index is 1110. The summed E-state index contributed by atoms with van der Waals surface area (Å²) in [5.41, 5.74) is 1.15. The number of amides is 1. The van der Waals surface area contributed by atoms with Gasteiger partial charge in [0.2, 0.25) is 5.91 Å². The second-order valence-electron chi connectivity index (χ2n) is 7.57. The number of piperazine rings is 1. The molecule has 2 heterocycles. The summed E-state index contributed by atoms with van der Waals surface area (Å²) in [5.74, 6) is 1.29. The normalized spacial score (nSPS) is 15.7. The van der Waals surface area contributed by atoms with Crippen LogP contribution in [0.4, 0.5) is 0 Å². The highest BCUT2D eigenvalue weighted by Crippen LogP contribution is 2.27. The molecule has 1 amide bonds. The number of rotatable bonds is 6. The van der Waals surface area contributed by atoms with Crippen LogP contribution in [0.25, 0.3) is 10.9 Å². The van der Waals surface area contributed by atoms with Crippen molar-refractivity contribution in [1.82, 2.24) is 14.8 Å². The van der Waals surface area contributed by atoms with E-state index in [1.165, 1.54) is 0 Å². The van der Waals surface area contributed by atoms with E-state index in [0.717, 1.165) is 5.39 Å². The Balaban J connectivity index is 1.74. The predicted molar refractivity (Wildman–Crippen MR) is 115 cm³/mol. The average molecular weight is 407 g/mol. The second-order valence-corrected chi connectivity index (χ2v) is 7.57. The fourth-order valence-electron chi connectivity index (χ4n) is 3.76. The third-order valence-corrected chi connectivity index (χ3v) is 5.28. The van der Waals surface area contributed by atoms with Gasteiger partial charge in [0.25, 0.3) is 5.56 Å². The zero-order chi connectivity index (χ0) is 21.1. The highest BCUT2D eigenvalue weighted by atomic mass is 16.5. The minimum absolute atomic E-state index is 0.0335. The largest absolute Gasteiger partial charge is 0.457 e. The van der Waals surface area contributed by atoms with Gasteiger partial charge in [-0.25, -0.2) is 0 Å². The summed E-state index contributed by atoms with van der Waals surface area (Å²) in [5, 5.41) is 13.4. The zero-order valence-electron chi connectivity index (χ0n) is 16.9. The van der Waals surface area contributed by atoms with Crippen molar-refractivity contribution in [2.45, 2.75) is 19.5 Å². The monoisotopic (exact) mass is 407 g/mol. The van der Waals surface area contributed by atoms with E-state index in [1.54, 1.807) is 4.57 Å². The Kier molecular flexibility index (Phi) is 5.83. The minimum Gasteiger partial charge on any atom is -0.457 e. The molecule has 1 fully saturated rings. The maximum Gasteiger partial charge on any atom is 0.255 e. The smallest absolute Gasteiger partial charge is 0.255 e. The van der Waals surface area contributed by atoms with Crippen LogP contribution in [0, 0.1) is 0 Å². The molecule has 1 saturated heterocycles. The molecule has 4 rings (SSSR count). The number of hydrogen-bond donors (Lipinski definition) is 2. The lowest BCUT2D eigenvalue weighted by molar-refractivity contribution is -0.124. The van der Waals surface area contributed by atoms with Crippen LogP contribution >= 0.6 is 0 Å². The van der Waals surface area contributed by atoms with Crippen molar-refractivity contribution < 1.29 is 14.6 Å². The molecule has 1 unspecified atom stereocenters. The van der Waals surface area contributed by atoms with Crippen molar-refractivity contribution in [1.29, 1.82) is 0 Å². The summed E-state index contributed by atoms with van der Waals surface area (Å²) in [4.78, 5) is 26.9. The number of nitrogens with one attached hydrogen (secondary N) is 1. The van der Waals surface area contributed by atoms with E-state index in [4.69, 9.17) is 4.74 Å². The number of aliphatic hydroxyl groups excluding tert-OH is 1. The summed E-state index contributed by atoms with van der Waals surface area (Å²) in [6.07, 6.45) is 0. The molecule has 7 nitrogen and oxygen atoms in total. The number of hydrogen-bond acceptors (Lipinski definition) is 5. The first-order valence-corrected chi connectivity index (χ1v) is 10.1. The van der Waals surface area contributed by atoms with Gasteiger partial charge in [-0.05, 0) is 42.6 Å². The lowest BCUT2D eigenvalue weighted by Gasteiger charge is -2.27. The van der Waals surface area contributed by atoms with E-state index in [9.17, 15) is 14.7 Å². The first kappa shape index (κ1) is 20.1. The van der Waals surface area contributed by atoms with Crippen molar-refractivity contribution in [3.63, 3.8) is 0 Å². The molecule has 3 aromatic rings. The first-order chi connectivity index (χ1) is 14.5. The number of aromatic nitrogens is 1. The molecular weight excluding hydrogens is 382 g/mol. The van der Waals surface area contributed by atoms with Crippen LogP contribution < -0.4 is 15.6 Å². The van der Waals surface area contributed by atoms with E-state index in [1.807, 2.05) is 66.4 Å². The van der Waals surface area contributed by atoms with Crippen molar-refractivity contribution in [2.75, 3.05) is 26.2 Å². The summed E-state index contributed by atoms with van der Waals surface area (Å²) in [7, 11) is 0. The average Bonchev–Trinajstić information content (AvgIpc) is 2.75. The highest BCUT2D eigenvalue weighted by Gasteiger charge is 2.20. The van der Waals surface area contributed by atoms with E-state index >= 15 is 0 Å². The van der Waals surface area contributed by atoms with Crippen LogP contribution in [0.5, 0.6) is 11.5 Å². The summed E-state index contributed by atoms with van der Waals surface area (Å²) < 4.78 is 7.55. The number of benzene rings is 2. The van der Waals surface area contributed by atoms with Gasteiger partial charge in [-0.1, -0.05) is 18.2 Å². The third kappa shape index (κ3) is 4.22. The van der Waals surface area contributed by atoms with Gasteiger partial charge in [0.1, 0.15) is 11.5 Å². The molecule has 1 aromatic heterocycles. The maximum atomic E-state index is 13.3. The minimum atomic E-state index is -0.392. The number of ether oxygens (including phenoxy) is 1. The molecule has 0 saturated carbocycles. The van der Waals surface area contributed by atoms with Crippen LogP contribution in [-0.2, 0) is 11.3 Å². The molecule has 0 bridgehead atoms. The number of pyridine rings is 1. The van der Waals surface area contributed by atoms with E-state index in [-0.39, 0.29) is 24.6 Å². The Morgan fingerprint density at radius 2 is 1.90 bits per heavy atom. The van der Waals surface area contributed by atoms with E-state index in [0.29, 0.717) is 42.2 Å². The number of nitrogens with zero attached hydrogens (tertiary/aromatic N) is 2. The quantitative estimate of drug-likeness (QED) is 0.655. The van der Waals surface area contributed by atoms with Crippen LogP contribution in [0.15, 0.2) is 59.4 Å². The molecule has 1 atom stereocenters. The van der Waals surface area contributed by atoms with Crippen LogP contribution in [0.2, 0.25) is 0 Å². The lowest BCUT2D eigenvalue weighted by atomic mass is 10.1. The van der Waals surface area contributed by atoms with Crippen molar-refractivity contribution >= 4 is 16.8 Å². The Morgan fingerprint density at radius 3 is 2.63 bits per heavy atom. The summed E-state index contributed by atoms with van der Waals surface area (Å²) in [6.45, 7) is 3.59. The zero-order valence-corrected chi connectivity index (χ0v) is 16.9. The van der Waals surface area contributed by atoms with Gasteiger partial charge in [-0.3, -0.25) is 14.5 Å². The van der Waals surface area contributed by atoms with Gasteiger partial charge in [0.15, 0.2) is 0 Å². The van der Waals surface area contributed by atoms with Crippen molar-refractivity contribution in [3.05, 3.63) is 70.5 Å². The predicted octanol–water partition coefficient (Wildman–Crippen LogP) is 2.28. The number of aliphatic hydroxyl groups is 1. The maximum absolute atomic E-state index is 13.3. The molecule has 1 aliphatic rings. The molecule has 30 heavy (non-hydrogen) atoms. The molecule has 1 aliphatic heterocycles. The van der Waals surface area contributed by atoms with E-state index in [2.05, 4.69) is 5.32 Å². The molecule has 0 radical (unpaired) electrons. The van der Waals surface area contributed by atoms with Gasteiger partial charge in [-0.15, -0.1) is 0 Å². The molecule has 2 aromatic carbocycles. The molecule has 0 aliphatic carbocycles. The molecule has 156 valence electrons.